The van der Waals surface area contributed by atoms with Crippen LogP contribution in [0.25, 0.3) is 30.0 Å². The molecule has 0 aliphatic heterocycles. The van der Waals surface area contributed by atoms with Gasteiger partial charge < -0.3 is 4.57 Å². The molecule has 1 heteroatoms. The van der Waals surface area contributed by atoms with Crippen molar-refractivity contribution in [1.29, 1.82) is 0 Å². The molecule has 2 atom stereocenters. The van der Waals surface area contributed by atoms with E-state index >= 15 is 0 Å². The Morgan fingerprint density at radius 3 is 2.38 bits per heavy atom. The second-order valence-corrected chi connectivity index (χ2v) is 10.0. The third-order valence-electron chi connectivity index (χ3n) is 7.59. The molecule has 3 aliphatic carbocycles. The Hall–Kier alpha value is -3.06. The predicted molar refractivity (Wildman–Crippen MR) is 139 cm³/mol. The summed E-state index contributed by atoms with van der Waals surface area (Å²) in [6.45, 7) is 9.23. The normalized spacial score (nSPS) is 26.0. The van der Waals surface area contributed by atoms with E-state index in [9.17, 15) is 0 Å². The van der Waals surface area contributed by atoms with Crippen LogP contribution in [0.1, 0.15) is 51.8 Å². The summed E-state index contributed by atoms with van der Waals surface area (Å²) in [6.07, 6.45) is 28.1. The number of rotatable bonds is 3. The van der Waals surface area contributed by atoms with Crippen molar-refractivity contribution in [2.75, 3.05) is 0 Å². The van der Waals surface area contributed by atoms with E-state index in [1.807, 2.05) is 0 Å². The van der Waals surface area contributed by atoms with Crippen LogP contribution >= 0.6 is 0 Å². The molecule has 0 fully saturated rings. The molecule has 2 unspecified atom stereocenters. The minimum atomic E-state index is -0.158. The van der Waals surface area contributed by atoms with Gasteiger partial charge in [-0.05, 0) is 49.5 Å². The summed E-state index contributed by atoms with van der Waals surface area (Å²) in [5.41, 5.74) is 5.09. The summed E-state index contributed by atoms with van der Waals surface area (Å²) < 4.78 is 2.43. The zero-order valence-corrected chi connectivity index (χ0v) is 19.7. The molecule has 1 aromatic carbocycles. The van der Waals surface area contributed by atoms with E-state index in [-0.39, 0.29) is 10.8 Å². The van der Waals surface area contributed by atoms with Crippen LogP contribution in [0, 0.1) is 16.7 Å². The minimum absolute atomic E-state index is 0.0868. The van der Waals surface area contributed by atoms with Crippen molar-refractivity contribution in [3.8, 4) is 5.69 Å². The molecule has 0 amide bonds. The molecular weight excluding hydrogens is 386 g/mol. The molecule has 1 heterocycles. The number of allylic oxidation sites excluding steroid dienone is 8. The number of hydrogen-bond donors (Lipinski definition) is 0. The predicted octanol–water partition coefficient (Wildman–Crippen LogP) is 6.59. The van der Waals surface area contributed by atoms with Crippen molar-refractivity contribution in [3.05, 3.63) is 100 Å². The Balaban J connectivity index is 1.64. The number of fused-ring (bicyclic) bond motifs is 3. The van der Waals surface area contributed by atoms with Gasteiger partial charge in [0, 0.05) is 32.6 Å². The first-order chi connectivity index (χ1) is 15.4. The van der Waals surface area contributed by atoms with E-state index in [0.717, 1.165) is 12.8 Å². The maximum Gasteiger partial charge on any atom is 0.0537 e. The molecule has 3 aliphatic rings. The van der Waals surface area contributed by atoms with Crippen LogP contribution in [0.4, 0.5) is 0 Å². The molecule has 5 rings (SSSR count). The second-order valence-electron chi connectivity index (χ2n) is 10.0. The number of hydrogen-bond acceptors (Lipinski definition) is 0. The van der Waals surface area contributed by atoms with E-state index in [4.69, 9.17) is 0 Å². The van der Waals surface area contributed by atoms with Crippen LogP contribution in [0.3, 0.4) is 0 Å². The van der Waals surface area contributed by atoms with E-state index < -0.39 is 0 Å². The van der Waals surface area contributed by atoms with Gasteiger partial charge in [-0.2, -0.15) is 0 Å². The van der Waals surface area contributed by atoms with E-state index in [0.29, 0.717) is 5.92 Å². The Kier molecular flexibility index (Phi) is 5.08. The Bertz CT molecular complexity index is 1310. The molecule has 1 aromatic heterocycles. The number of aromatic nitrogens is 1. The van der Waals surface area contributed by atoms with Gasteiger partial charge in [0.2, 0.25) is 0 Å². The molecule has 0 bridgehead atoms. The monoisotopic (exact) mass is 419 g/mol. The molecule has 162 valence electrons. The van der Waals surface area contributed by atoms with Gasteiger partial charge in [-0.15, -0.1) is 0 Å². The SMILES string of the molecule is CC(C)C1(C)C=CC=C(C2(C)C=Cc3c(n(-c4ccccc4)c4c3=CCCC=4)C=C2)C=C1. The summed E-state index contributed by atoms with van der Waals surface area (Å²) in [7, 11) is 0. The molecule has 32 heavy (non-hydrogen) atoms. The van der Waals surface area contributed by atoms with Crippen molar-refractivity contribution in [3.63, 3.8) is 0 Å². The van der Waals surface area contributed by atoms with E-state index in [1.54, 1.807) is 0 Å². The number of nitrogens with zero attached hydrogens (tertiary/aromatic N) is 1. The van der Waals surface area contributed by atoms with Crippen molar-refractivity contribution in [2.24, 2.45) is 16.7 Å². The van der Waals surface area contributed by atoms with Crippen LogP contribution in [0.15, 0.2) is 78.4 Å². The molecule has 0 radical (unpaired) electrons. The first-order valence-electron chi connectivity index (χ1n) is 11.9. The second kappa shape index (κ2) is 7.81. The van der Waals surface area contributed by atoms with Crippen LogP contribution in [-0.4, -0.2) is 4.57 Å². The summed E-state index contributed by atoms with van der Waals surface area (Å²) in [5.74, 6) is 0.559. The largest absolute Gasteiger partial charge is 0.310 e. The highest BCUT2D eigenvalue weighted by Gasteiger charge is 2.28. The summed E-state index contributed by atoms with van der Waals surface area (Å²) in [6, 6.07) is 10.8. The third kappa shape index (κ3) is 3.41. The molecule has 2 aromatic rings. The number of para-hydroxylation sites is 1. The first-order valence-corrected chi connectivity index (χ1v) is 11.9. The Morgan fingerprint density at radius 1 is 0.844 bits per heavy atom. The highest BCUT2D eigenvalue weighted by atomic mass is 15.0. The van der Waals surface area contributed by atoms with Crippen LogP contribution in [0.2, 0.25) is 0 Å². The molecular formula is C31H33N. The average Bonchev–Trinajstić information content (AvgIpc) is 2.90. The topological polar surface area (TPSA) is 4.93 Å². The van der Waals surface area contributed by atoms with Gasteiger partial charge >= 0.3 is 0 Å². The van der Waals surface area contributed by atoms with Gasteiger partial charge in [-0.3, -0.25) is 0 Å². The summed E-state index contributed by atoms with van der Waals surface area (Å²) in [4.78, 5) is 0. The number of benzene rings is 1. The minimum Gasteiger partial charge on any atom is -0.310 e. The molecule has 0 spiro atoms. The van der Waals surface area contributed by atoms with Crippen molar-refractivity contribution < 1.29 is 0 Å². The lowest BCUT2D eigenvalue weighted by Gasteiger charge is -2.27. The molecule has 1 nitrogen and oxygen atoms in total. The molecule has 0 saturated heterocycles. The highest BCUT2D eigenvalue weighted by Crippen LogP contribution is 2.39. The zero-order chi connectivity index (χ0) is 22.3. The summed E-state index contributed by atoms with van der Waals surface area (Å²) in [5, 5.41) is 2.70. The maximum absolute atomic E-state index is 2.43. The van der Waals surface area contributed by atoms with E-state index in [2.05, 4.69) is 129 Å². The lowest BCUT2D eigenvalue weighted by atomic mass is 9.77. The lowest BCUT2D eigenvalue weighted by Crippen LogP contribution is -2.31. The smallest absolute Gasteiger partial charge is 0.0537 e. The maximum atomic E-state index is 2.43. The Morgan fingerprint density at radius 2 is 1.59 bits per heavy atom. The van der Waals surface area contributed by atoms with Gasteiger partial charge in [0.05, 0.1) is 5.69 Å². The van der Waals surface area contributed by atoms with E-state index in [1.165, 1.54) is 33.1 Å². The zero-order valence-electron chi connectivity index (χ0n) is 19.7. The van der Waals surface area contributed by atoms with Gasteiger partial charge in [-0.25, -0.2) is 0 Å². The highest BCUT2D eigenvalue weighted by molar-refractivity contribution is 5.72. The summed E-state index contributed by atoms with van der Waals surface area (Å²) >= 11 is 0. The molecule has 0 saturated carbocycles. The fraction of sp³-hybridized carbons (Fsp3) is 0.290. The fourth-order valence-electron chi connectivity index (χ4n) is 4.94. The van der Waals surface area contributed by atoms with Gasteiger partial charge in [0.25, 0.3) is 0 Å². The van der Waals surface area contributed by atoms with Crippen molar-refractivity contribution in [2.45, 2.75) is 40.5 Å². The van der Waals surface area contributed by atoms with Crippen molar-refractivity contribution in [1.82, 2.24) is 4.57 Å². The van der Waals surface area contributed by atoms with Gasteiger partial charge in [0.1, 0.15) is 0 Å². The molecule has 0 N–H and O–H groups in total. The van der Waals surface area contributed by atoms with Crippen LogP contribution in [0.5, 0.6) is 0 Å². The van der Waals surface area contributed by atoms with Crippen molar-refractivity contribution >= 4 is 24.3 Å². The van der Waals surface area contributed by atoms with Gasteiger partial charge in [0.15, 0.2) is 0 Å². The fourth-order valence-corrected chi connectivity index (χ4v) is 4.94. The average molecular weight is 420 g/mol. The lowest BCUT2D eigenvalue weighted by molar-refractivity contribution is 0.383. The quantitative estimate of drug-likeness (QED) is 0.529. The van der Waals surface area contributed by atoms with Crippen LogP contribution < -0.4 is 10.6 Å². The third-order valence-corrected chi connectivity index (χ3v) is 7.59. The first kappa shape index (κ1) is 20.8. The standard InChI is InChI=1S/C31H33N/c1-23(2)30(3)19-10-11-24(16-20-30)31(4)21-17-27-26-14-8-9-15-28(26)32(29(27)18-22-31)25-12-6-5-7-13-25/h5-7,10-23H,8-9H2,1-4H3. The van der Waals surface area contributed by atoms with Gasteiger partial charge in [-0.1, -0.05) is 99.7 Å². The Labute approximate surface area is 192 Å². The van der Waals surface area contributed by atoms with Crippen LogP contribution in [-0.2, 0) is 0 Å².